The van der Waals surface area contributed by atoms with Gasteiger partial charge in [0.2, 0.25) is 5.76 Å². The van der Waals surface area contributed by atoms with Crippen molar-refractivity contribution in [3.8, 4) is 0 Å². The van der Waals surface area contributed by atoms with Crippen molar-refractivity contribution in [2.75, 3.05) is 0 Å². The van der Waals surface area contributed by atoms with E-state index in [4.69, 9.17) is 4.74 Å². The van der Waals surface area contributed by atoms with E-state index in [9.17, 15) is 27.5 Å². The van der Waals surface area contributed by atoms with Crippen molar-refractivity contribution in [2.24, 2.45) is 0 Å². The molecule has 0 spiro atoms. The second-order valence-electron chi connectivity index (χ2n) is 5.18. The van der Waals surface area contributed by atoms with Gasteiger partial charge in [-0.25, -0.2) is 9.18 Å². The van der Waals surface area contributed by atoms with E-state index in [1.807, 2.05) is 0 Å². The van der Waals surface area contributed by atoms with E-state index in [0.717, 1.165) is 24.3 Å². The molecule has 0 saturated heterocycles. The van der Waals surface area contributed by atoms with Crippen LogP contribution in [0.2, 0.25) is 0 Å². The Morgan fingerprint density at radius 2 is 1.71 bits per heavy atom. The highest BCUT2D eigenvalue weighted by Gasteiger charge is 2.37. The lowest BCUT2D eigenvalue weighted by Gasteiger charge is -2.15. The van der Waals surface area contributed by atoms with Gasteiger partial charge in [-0.3, -0.25) is 0 Å². The average molecular weight is 338 g/mol. The van der Waals surface area contributed by atoms with Crippen molar-refractivity contribution in [1.82, 2.24) is 0 Å². The molecule has 3 nitrogen and oxygen atoms in total. The quantitative estimate of drug-likeness (QED) is 0.652. The molecule has 1 aliphatic rings. The number of aliphatic hydroxyl groups excluding tert-OH is 1. The Bertz CT molecular complexity index is 822. The van der Waals surface area contributed by atoms with Crippen molar-refractivity contribution in [3.05, 3.63) is 76.8 Å². The summed E-state index contributed by atoms with van der Waals surface area (Å²) in [5.74, 6) is -2.32. The summed E-state index contributed by atoms with van der Waals surface area (Å²) in [6.45, 7) is 0. The number of aliphatic hydroxyl groups is 1. The Hall–Kier alpha value is -2.83. The highest BCUT2D eigenvalue weighted by atomic mass is 19.4. The van der Waals surface area contributed by atoms with Crippen LogP contribution in [0.3, 0.4) is 0 Å². The van der Waals surface area contributed by atoms with Crippen molar-refractivity contribution < 1.29 is 32.2 Å². The number of rotatable bonds is 2. The fourth-order valence-electron chi connectivity index (χ4n) is 2.48. The van der Waals surface area contributed by atoms with Crippen LogP contribution in [0, 0.1) is 5.82 Å². The standard InChI is InChI=1S/C17H10F4O3/c18-12-6-4-9(5-7-12)15-13(14(22)16(23)24-15)10-2-1-3-11(8-10)17(19,20)21/h1-8,15,22H. The largest absolute Gasteiger partial charge is 0.502 e. The predicted molar refractivity (Wildman–Crippen MR) is 76.2 cm³/mol. The van der Waals surface area contributed by atoms with E-state index in [-0.39, 0.29) is 11.1 Å². The number of hydrogen-bond acceptors (Lipinski definition) is 3. The van der Waals surface area contributed by atoms with Gasteiger partial charge in [0.15, 0.2) is 6.10 Å². The van der Waals surface area contributed by atoms with Crippen LogP contribution in [0.5, 0.6) is 0 Å². The van der Waals surface area contributed by atoms with Gasteiger partial charge in [0.25, 0.3) is 0 Å². The fraction of sp³-hybridized carbons (Fsp3) is 0.118. The van der Waals surface area contributed by atoms with Gasteiger partial charge in [-0.15, -0.1) is 0 Å². The molecule has 24 heavy (non-hydrogen) atoms. The molecule has 1 aliphatic heterocycles. The van der Waals surface area contributed by atoms with Crippen LogP contribution < -0.4 is 0 Å². The Morgan fingerprint density at radius 3 is 2.33 bits per heavy atom. The molecular weight excluding hydrogens is 328 g/mol. The SMILES string of the molecule is O=C1OC(c2ccc(F)cc2)C(c2cccc(C(F)(F)F)c2)=C1O. The zero-order chi connectivity index (χ0) is 17.5. The van der Waals surface area contributed by atoms with Gasteiger partial charge >= 0.3 is 12.1 Å². The summed E-state index contributed by atoms with van der Waals surface area (Å²) in [6.07, 6.45) is -5.68. The maximum absolute atomic E-state index is 13.0. The number of cyclic esters (lactones) is 1. The Kier molecular flexibility index (Phi) is 3.79. The number of carbonyl (C=O) groups is 1. The second-order valence-corrected chi connectivity index (χ2v) is 5.18. The van der Waals surface area contributed by atoms with Crippen LogP contribution in [0.4, 0.5) is 17.6 Å². The van der Waals surface area contributed by atoms with Crippen LogP contribution in [-0.2, 0) is 15.7 Å². The lowest BCUT2D eigenvalue weighted by atomic mass is 9.94. The van der Waals surface area contributed by atoms with Crippen LogP contribution >= 0.6 is 0 Å². The summed E-state index contributed by atoms with van der Waals surface area (Å²) in [5, 5.41) is 9.94. The molecule has 0 amide bonds. The van der Waals surface area contributed by atoms with Crippen LogP contribution in [0.15, 0.2) is 54.3 Å². The molecule has 1 heterocycles. The minimum Gasteiger partial charge on any atom is -0.502 e. The number of ether oxygens (including phenoxy) is 1. The molecule has 124 valence electrons. The van der Waals surface area contributed by atoms with Crippen molar-refractivity contribution in [1.29, 1.82) is 0 Å². The molecule has 2 aromatic carbocycles. The minimum absolute atomic E-state index is 0.00231. The van der Waals surface area contributed by atoms with E-state index >= 15 is 0 Å². The molecule has 0 aromatic heterocycles. The lowest BCUT2D eigenvalue weighted by molar-refractivity contribution is -0.142. The summed E-state index contributed by atoms with van der Waals surface area (Å²) in [6, 6.07) is 9.13. The van der Waals surface area contributed by atoms with E-state index < -0.39 is 35.4 Å². The zero-order valence-corrected chi connectivity index (χ0v) is 12.0. The van der Waals surface area contributed by atoms with Crippen LogP contribution in [0.25, 0.3) is 5.57 Å². The second kappa shape index (κ2) is 5.67. The summed E-state index contributed by atoms with van der Waals surface area (Å²) in [7, 11) is 0. The van der Waals surface area contributed by atoms with Crippen LogP contribution in [-0.4, -0.2) is 11.1 Å². The van der Waals surface area contributed by atoms with Gasteiger partial charge < -0.3 is 9.84 Å². The van der Waals surface area contributed by atoms with Crippen molar-refractivity contribution >= 4 is 11.5 Å². The molecule has 2 aromatic rings. The molecule has 3 rings (SSSR count). The maximum Gasteiger partial charge on any atom is 0.416 e. The molecule has 0 aliphatic carbocycles. The first kappa shape index (κ1) is 16.0. The molecule has 0 radical (unpaired) electrons. The van der Waals surface area contributed by atoms with E-state index in [1.54, 1.807) is 0 Å². The third kappa shape index (κ3) is 2.84. The van der Waals surface area contributed by atoms with Gasteiger partial charge in [0.1, 0.15) is 5.82 Å². The van der Waals surface area contributed by atoms with Gasteiger partial charge in [0, 0.05) is 0 Å². The number of halogens is 4. The normalized spacial score (nSPS) is 18.0. The van der Waals surface area contributed by atoms with Gasteiger partial charge in [-0.05, 0) is 35.4 Å². The molecule has 0 bridgehead atoms. The van der Waals surface area contributed by atoms with Crippen LogP contribution in [0.1, 0.15) is 22.8 Å². The van der Waals surface area contributed by atoms with Gasteiger partial charge in [0.05, 0.1) is 11.1 Å². The molecule has 1 unspecified atom stereocenters. The van der Waals surface area contributed by atoms with E-state index in [1.165, 1.54) is 24.3 Å². The first-order chi connectivity index (χ1) is 11.3. The first-order valence-electron chi connectivity index (χ1n) is 6.84. The summed E-state index contributed by atoms with van der Waals surface area (Å²) >= 11 is 0. The molecule has 0 fully saturated rings. The summed E-state index contributed by atoms with van der Waals surface area (Å²) in [5.41, 5.74) is -0.668. The summed E-state index contributed by atoms with van der Waals surface area (Å²) < 4.78 is 56.7. The molecule has 0 saturated carbocycles. The van der Waals surface area contributed by atoms with Gasteiger partial charge in [-0.1, -0.05) is 24.3 Å². The van der Waals surface area contributed by atoms with Gasteiger partial charge in [-0.2, -0.15) is 13.2 Å². The van der Waals surface area contributed by atoms with Crippen molar-refractivity contribution in [3.63, 3.8) is 0 Å². The predicted octanol–water partition coefficient (Wildman–Crippen LogP) is 4.41. The Balaban J connectivity index is 2.09. The maximum atomic E-state index is 13.0. The number of alkyl halides is 3. The molecule has 1 atom stereocenters. The van der Waals surface area contributed by atoms with E-state index in [2.05, 4.69) is 0 Å². The zero-order valence-electron chi connectivity index (χ0n) is 12.0. The Labute approximate surface area is 133 Å². The molecule has 7 heteroatoms. The fourth-order valence-corrected chi connectivity index (χ4v) is 2.48. The number of esters is 1. The smallest absolute Gasteiger partial charge is 0.416 e. The summed E-state index contributed by atoms with van der Waals surface area (Å²) in [4.78, 5) is 11.7. The Morgan fingerprint density at radius 1 is 1.04 bits per heavy atom. The van der Waals surface area contributed by atoms with E-state index in [0.29, 0.717) is 5.56 Å². The highest BCUT2D eigenvalue weighted by Crippen LogP contribution is 2.42. The lowest BCUT2D eigenvalue weighted by Crippen LogP contribution is -2.06. The number of hydrogen-bond donors (Lipinski definition) is 1. The van der Waals surface area contributed by atoms with Crippen molar-refractivity contribution in [2.45, 2.75) is 12.3 Å². The number of benzene rings is 2. The highest BCUT2D eigenvalue weighted by molar-refractivity contribution is 6.00. The first-order valence-corrected chi connectivity index (χ1v) is 6.84. The molecule has 1 N–H and O–H groups in total. The number of carbonyl (C=O) groups excluding carboxylic acids is 1. The molecular formula is C17H10F4O3. The average Bonchev–Trinajstić information content (AvgIpc) is 2.83. The third-order valence-corrected chi connectivity index (χ3v) is 3.61. The topological polar surface area (TPSA) is 46.5 Å². The monoisotopic (exact) mass is 338 g/mol. The minimum atomic E-state index is -4.57. The third-order valence-electron chi connectivity index (χ3n) is 3.61.